The van der Waals surface area contributed by atoms with Crippen LogP contribution in [0.25, 0.3) is 0 Å². The standard InChI is InChI=1S/C17H26FNO2/c1-17(2)10-4-3-5-16(17)19-11-14(20)12-21-15-8-6-13(18)7-9-15/h6-9,14,16,19-20H,3-5,10-12H2,1-2H3. The topological polar surface area (TPSA) is 41.5 Å². The van der Waals surface area contributed by atoms with E-state index in [0.717, 1.165) is 0 Å². The monoisotopic (exact) mass is 295 g/mol. The van der Waals surface area contributed by atoms with E-state index in [1.807, 2.05) is 0 Å². The molecule has 1 aromatic rings. The number of hydrogen-bond acceptors (Lipinski definition) is 3. The molecule has 0 bridgehead atoms. The van der Waals surface area contributed by atoms with Gasteiger partial charge in [0, 0.05) is 12.6 Å². The smallest absolute Gasteiger partial charge is 0.123 e. The van der Waals surface area contributed by atoms with Crippen molar-refractivity contribution in [3.8, 4) is 5.75 Å². The first-order chi connectivity index (χ1) is 9.97. The summed E-state index contributed by atoms with van der Waals surface area (Å²) in [6.07, 6.45) is 4.38. The Kier molecular flexibility index (Phi) is 5.59. The molecule has 3 nitrogen and oxygen atoms in total. The maximum Gasteiger partial charge on any atom is 0.123 e. The number of ether oxygens (including phenoxy) is 1. The van der Waals surface area contributed by atoms with E-state index in [1.165, 1.54) is 37.8 Å². The third-order valence-electron chi connectivity index (χ3n) is 4.36. The lowest BCUT2D eigenvalue weighted by Gasteiger charge is -2.39. The van der Waals surface area contributed by atoms with E-state index < -0.39 is 6.10 Å². The summed E-state index contributed by atoms with van der Waals surface area (Å²) in [5.41, 5.74) is 0.287. The second-order valence-corrected chi connectivity index (χ2v) is 6.61. The van der Waals surface area contributed by atoms with Gasteiger partial charge >= 0.3 is 0 Å². The Bertz CT molecular complexity index is 433. The van der Waals surface area contributed by atoms with Gasteiger partial charge in [-0.05, 0) is 42.5 Å². The molecule has 1 aliphatic rings. The number of hydrogen-bond donors (Lipinski definition) is 2. The molecular weight excluding hydrogens is 269 g/mol. The zero-order chi connectivity index (χ0) is 15.3. The summed E-state index contributed by atoms with van der Waals surface area (Å²) in [7, 11) is 0. The van der Waals surface area contributed by atoms with Crippen molar-refractivity contribution in [2.45, 2.75) is 51.7 Å². The Labute approximate surface area is 126 Å². The Balaban J connectivity index is 1.72. The number of aliphatic hydroxyl groups excluding tert-OH is 1. The zero-order valence-corrected chi connectivity index (χ0v) is 12.9. The van der Waals surface area contributed by atoms with Crippen LogP contribution in [-0.4, -0.2) is 30.4 Å². The number of benzene rings is 1. The molecule has 1 fully saturated rings. The van der Waals surface area contributed by atoms with Gasteiger partial charge < -0.3 is 15.2 Å². The van der Waals surface area contributed by atoms with Gasteiger partial charge in [0.1, 0.15) is 24.3 Å². The van der Waals surface area contributed by atoms with Gasteiger partial charge in [-0.15, -0.1) is 0 Å². The minimum atomic E-state index is -0.562. The first kappa shape index (κ1) is 16.2. The van der Waals surface area contributed by atoms with Crippen LogP contribution in [0.1, 0.15) is 39.5 Å². The van der Waals surface area contributed by atoms with Gasteiger partial charge in [-0.25, -0.2) is 4.39 Å². The largest absolute Gasteiger partial charge is 0.491 e. The van der Waals surface area contributed by atoms with Crippen molar-refractivity contribution < 1.29 is 14.2 Å². The summed E-state index contributed by atoms with van der Waals surface area (Å²) in [5, 5.41) is 13.5. The van der Waals surface area contributed by atoms with Gasteiger partial charge in [0.05, 0.1) is 0 Å². The molecule has 0 heterocycles. The zero-order valence-electron chi connectivity index (χ0n) is 12.9. The van der Waals surface area contributed by atoms with Crippen LogP contribution in [0.5, 0.6) is 5.75 Å². The van der Waals surface area contributed by atoms with E-state index in [1.54, 1.807) is 12.1 Å². The van der Waals surface area contributed by atoms with Crippen LogP contribution in [0.3, 0.4) is 0 Å². The molecule has 118 valence electrons. The highest BCUT2D eigenvalue weighted by atomic mass is 19.1. The molecule has 1 saturated carbocycles. The molecule has 1 aliphatic carbocycles. The second-order valence-electron chi connectivity index (χ2n) is 6.61. The normalized spacial score (nSPS) is 22.8. The van der Waals surface area contributed by atoms with Crippen molar-refractivity contribution in [1.29, 1.82) is 0 Å². The van der Waals surface area contributed by atoms with Crippen molar-refractivity contribution in [3.05, 3.63) is 30.1 Å². The second kappa shape index (κ2) is 7.23. The molecule has 1 aromatic carbocycles. The van der Waals surface area contributed by atoms with Crippen LogP contribution in [-0.2, 0) is 0 Å². The number of aliphatic hydroxyl groups is 1. The van der Waals surface area contributed by atoms with Crippen LogP contribution in [0.15, 0.2) is 24.3 Å². The average molecular weight is 295 g/mol. The number of nitrogens with one attached hydrogen (secondary N) is 1. The number of rotatable bonds is 6. The molecule has 2 rings (SSSR count). The van der Waals surface area contributed by atoms with E-state index in [4.69, 9.17) is 4.74 Å². The minimum Gasteiger partial charge on any atom is -0.491 e. The molecule has 2 unspecified atom stereocenters. The molecule has 0 spiro atoms. The molecule has 0 amide bonds. The molecule has 2 N–H and O–H groups in total. The van der Waals surface area contributed by atoms with E-state index in [0.29, 0.717) is 18.3 Å². The SMILES string of the molecule is CC1(C)CCCCC1NCC(O)COc1ccc(F)cc1. The third-order valence-corrected chi connectivity index (χ3v) is 4.36. The van der Waals surface area contributed by atoms with Crippen LogP contribution >= 0.6 is 0 Å². The van der Waals surface area contributed by atoms with Crippen LogP contribution in [0.4, 0.5) is 4.39 Å². The maximum absolute atomic E-state index is 12.8. The highest BCUT2D eigenvalue weighted by Crippen LogP contribution is 2.35. The van der Waals surface area contributed by atoms with Gasteiger partial charge in [-0.1, -0.05) is 26.7 Å². The summed E-state index contributed by atoms with van der Waals surface area (Å²) in [5.74, 6) is 0.289. The molecule has 0 aliphatic heterocycles. The van der Waals surface area contributed by atoms with E-state index in [9.17, 15) is 9.50 Å². The summed E-state index contributed by atoms with van der Waals surface area (Å²) in [4.78, 5) is 0. The Morgan fingerprint density at radius 1 is 1.33 bits per heavy atom. The summed E-state index contributed by atoms with van der Waals surface area (Å²) in [6.45, 7) is 5.30. The highest BCUT2D eigenvalue weighted by molar-refractivity contribution is 5.22. The summed E-state index contributed by atoms with van der Waals surface area (Å²) >= 11 is 0. The number of halogens is 1. The Morgan fingerprint density at radius 3 is 2.71 bits per heavy atom. The molecule has 0 radical (unpaired) electrons. The van der Waals surface area contributed by atoms with Crippen molar-refractivity contribution in [2.75, 3.05) is 13.2 Å². The average Bonchev–Trinajstić information content (AvgIpc) is 2.45. The van der Waals surface area contributed by atoms with Crippen molar-refractivity contribution in [2.24, 2.45) is 5.41 Å². The fourth-order valence-electron chi connectivity index (χ4n) is 2.93. The van der Waals surface area contributed by atoms with Crippen molar-refractivity contribution >= 4 is 0 Å². The van der Waals surface area contributed by atoms with Crippen molar-refractivity contribution in [1.82, 2.24) is 5.32 Å². The van der Waals surface area contributed by atoms with Crippen LogP contribution < -0.4 is 10.1 Å². The molecule has 0 saturated heterocycles. The predicted molar refractivity (Wildman–Crippen MR) is 81.9 cm³/mol. The minimum absolute atomic E-state index is 0.214. The molecule has 2 atom stereocenters. The lowest BCUT2D eigenvalue weighted by molar-refractivity contribution is 0.0878. The lowest BCUT2D eigenvalue weighted by Crippen LogP contribution is -2.47. The predicted octanol–water partition coefficient (Wildman–Crippen LogP) is 3.12. The molecule has 21 heavy (non-hydrogen) atoms. The molecule has 4 heteroatoms. The van der Waals surface area contributed by atoms with Gasteiger partial charge in [0.25, 0.3) is 0 Å². The van der Waals surface area contributed by atoms with Crippen molar-refractivity contribution in [3.63, 3.8) is 0 Å². The summed E-state index contributed by atoms with van der Waals surface area (Å²) < 4.78 is 18.2. The Morgan fingerprint density at radius 2 is 2.05 bits per heavy atom. The van der Waals surface area contributed by atoms with Crippen LogP contribution in [0, 0.1) is 11.2 Å². The van der Waals surface area contributed by atoms with E-state index >= 15 is 0 Å². The van der Waals surface area contributed by atoms with Gasteiger partial charge in [0.2, 0.25) is 0 Å². The Hall–Kier alpha value is -1.13. The van der Waals surface area contributed by atoms with Crippen LogP contribution in [0.2, 0.25) is 0 Å². The highest BCUT2D eigenvalue weighted by Gasteiger charge is 2.31. The summed E-state index contributed by atoms with van der Waals surface area (Å²) in [6, 6.07) is 6.29. The van der Waals surface area contributed by atoms with E-state index in [2.05, 4.69) is 19.2 Å². The first-order valence-electron chi connectivity index (χ1n) is 7.77. The molecular formula is C17H26FNO2. The fourth-order valence-corrected chi connectivity index (χ4v) is 2.93. The lowest BCUT2D eigenvalue weighted by atomic mass is 9.73. The fraction of sp³-hybridized carbons (Fsp3) is 0.647. The van der Waals surface area contributed by atoms with Gasteiger partial charge in [-0.2, -0.15) is 0 Å². The van der Waals surface area contributed by atoms with Gasteiger partial charge in [0.15, 0.2) is 0 Å². The third kappa shape index (κ3) is 4.97. The molecule has 0 aromatic heterocycles. The first-order valence-corrected chi connectivity index (χ1v) is 7.77. The quantitative estimate of drug-likeness (QED) is 0.847. The maximum atomic E-state index is 12.8. The van der Waals surface area contributed by atoms with Gasteiger partial charge in [-0.3, -0.25) is 0 Å². The van der Waals surface area contributed by atoms with E-state index in [-0.39, 0.29) is 17.8 Å².